The second kappa shape index (κ2) is 9.95. The van der Waals surface area contributed by atoms with Crippen LogP contribution in [0.15, 0.2) is 24.3 Å². The van der Waals surface area contributed by atoms with Crippen LogP contribution in [0.1, 0.15) is 85.4 Å². The Balaban J connectivity index is 1.46. The largest absolute Gasteiger partial charge is 0.359 e. The zero-order chi connectivity index (χ0) is 25.5. The Labute approximate surface area is 219 Å². The van der Waals surface area contributed by atoms with Crippen molar-refractivity contribution in [1.82, 2.24) is 24.5 Å². The van der Waals surface area contributed by atoms with E-state index >= 15 is 0 Å². The van der Waals surface area contributed by atoms with E-state index in [0.717, 1.165) is 105 Å². The van der Waals surface area contributed by atoms with Gasteiger partial charge in [0.05, 0.1) is 11.7 Å². The molecule has 1 unspecified atom stereocenters. The number of aromatic nitrogens is 4. The highest BCUT2D eigenvalue weighted by molar-refractivity contribution is 5.94. The molecule has 0 saturated carbocycles. The van der Waals surface area contributed by atoms with E-state index in [1.165, 1.54) is 6.42 Å². The van der Waals surface area contributed by atoms with Crippen molar-refractivity contribution in [3.63, 3.8) is 0 Å². The molecule has 2 bridgehead atoms. The van der Waals surface area contributed by atoms with Gasteiger partial charge in [0.15, 0.2) is 5.65 Å². The Hall–Kier alpha value is -3.16. The highest BCUT2D eigenvalue weighted by Crippen LogP contribution is 2.34. The van der Waals surface area contributed by atoms with Gasteiger partial charge in [-0.15, -0.1) is 0 Å². The summed E-state index contributed by atoms with van der Waals surface area (Å²) in [6.07, 6.45) is 8.36. The molecule has 0 N–H and O–H groups in total. The van der Waals surface area contributed by atoms with Gasteiger partial charge in [0.1, 0.15) is 17.3 Å². The maximum atomic E-state index is 14.0. The van der Waals surface area contributed by atoms with Crippen molar-refractivity contribution in [2.45, 2.75) is 71.3 Å². The third-order valence-corrected chi connectivity index (χ3v) is 8.42. The predicted octanol–water partition coefficient (Wildman–Crippen LogP) is 4.81. The van der Waals surface area contributed by atoms with E-state index in [1.54, 1.807) is 0 Å². The summed E-state index contributed by atoms with van der Waals surface area (Å²) in [6.45, 7) is 8.08. The fraction of sp³-hybridized carbons (Fsp3) is 0.586. The lowest BCUT2D eigenvalue weighted by Crippen LogP contribution is -2.39. The van der Waals surface area contributed by atoms with Crippen molar-refractivity contribution < 1.29 is 4.79 Å². The van der Waals surface area contributed by atoms with Gasteiger partial charge in [-0.3, -0.25) is 4.79 Å². The number of pyridine rings is 1. The van der Waals surface area contributed by atoms with Crippen LogP contribution < -0.4 is 9.80 Å². The molecule has 0 spiro atoms. The minimum atomic E-state index is -0.0587. The van der Waals surface area contributed by atoms with Crippen molar-refractivity contribution in [1.29, 1.82) is 0 Å². The maximum Gasteiger partial charge on any atom is 0.273 e. The second-order valence-electron chi connectivity index (χ2n) is 11.4. The molecule has 1 amide bonds. The van der Waals surface area contributed by atoms with Gasteiger partial charge in [-0.1, -0.05) is 19.4 Å². The van der Waals surface area contributed by atoms with Gasteiger partial charge >= 0.3 is 0 Å². The van der Waals surface area contributed by atoms with Crippen LogP contribution in [0.5, 0.6) is 0 Å². The van der Waals surface area contributed by atoms with E-state index in [2.05, 4.69) is 42.0 Å². The Bertz CT molecular complexity index is 1300. The van der Waals surface area contributed by atoms with Gasteiger partial charge in [0, 0.05) is 51.1 Å². The van der Waals surface area contributed by atoms with Crippen LogP contribution >= 0.6 is 0 Å². The molecule has 37 heavy (non-hydrogen) atoms. The number of rotatable bonds is 1. The maximum absolute atomic E-state index is 14.0. The monoisotopic (exact) mass is 501 g/mol. The lowest BCUT2D eigenvalue weighted by Gasteiger charge is -2.35. The van der Waals surface area contributed by atoms with Crippen LogP contribution in [0, 0.1) is 12.8 Å². The van der Waals surface area contributed by atoms with Crippen LogP contribution in [0.2, 0.25) is 0 Å². The molecule has 8 heteroatoms. The molecule has 2 fully saturated rings. The number of carbonyl (C=O) groups excluding carboxylic acids is 1. The number of amides is 1. The molecule has 3 aliphatic rings. The molecule has 6 rings (SSSR count). The summed E-state index contributed by atoms with van der Waals surface area (Å²) in [7, 11) is 2.17. The molecule has 0 aromatic carbocycles. The zero-order valence-electron chi connectivity index (χ0n) is 22.5. The molecular formula is C29H39N7O. The molecule has 3 aromatic rings. The zero-order valence-corrected chi connectivity index (χ0v) is 22.5. The first-order valence-electron chi connectivity index (χ1n) is 14.1. The van der Waals surface area contributed by atoms with E-state index in [0.29, 0.717) is 11.6 Å². The summed E-state index contributed by atoms with van der Waals surface area (Å²) >= 11 is 0. The van der Waals surface area contributed by atoms with E-state index in [4.69, 9.17) is 15.1 Å². The standard InChI is InChI=1S/C29H39N7O/c1-20-13-16-34(19-20)25-18-27-33(3)14-7-4-5-9-22-12-11-21(2)30-28(22)29(37)35-15-8-6-10-24(35)23-17-26(31-25)36(27)32-23/h11-12,17-18,20,24H,4-10,13-16,19H2,1-3H3/t20?,24-/m0/s1. The number of anilines is 2. The molecule has 2 atom stereocenters. The number of nitrogens with zero attached hydrogens (tertiary/aromatic N) is 7. The normalized spacial score (nSPS) is 23.2. The lowest BCUT2D eigenvalue weighted by molar-refractivity contribution is 0.0598. The number of carbonyl (C=O) groups is 1. The number of hydrogen-bond donors (Lipinski definition) is 0. The molecule has 0 aliphatic carbocycles. The molecular weight excluding hydrogens is 462 g/mol. The van der Waals surface area contributed by atoms with Crippen LogP contribution in [0.25, 0.3) is 5.65 Å². The summed E-state index contributed by atoms with van der Waals surface area (Å²) in [5.41, 5.74) is 4.40. The van der Waals surface area contributed by atoms with E-state index < -0.39 is 0 Å². The van der Waals surface area contributed by atoms with Gasteiger partial charge in [-0.05, 0) is 69.4 Å². The third kappa shape index (κ3) is 4.66. The molecule has 6 heterocycles. The van der Waals surface area contributed by atoms with Crippen LogP contribution in [0.4, 0.5) is 11.6 Å². The molecule has 8 nitrogen and oxygen atoms in total. The Morgan fingerprint density at radius 3 is 2.65 bits per heavy atom. The minimum Gasteiger partial charge on any atom is -0.359 e. The highest BCUT2D eigenvalue weighted by atomic mass is 16.2. The number of hydrogen-bond acceptors (Lipinski definition) is 6. The Morgan fingerprint density at radius 1 is 0.946 bits per heavy atom. The van der Waals surface area contributed by atoms with Crippen molar-refractivity contribution in [2.24, 2.45) is 5.92 Å². The Morgan fingerprint density at radius 2 is 1.81 bits per heavy atom. The first-order chi connectivity index (χ1) is 18.0. The van der Waals surface area contributed by atoms with Crippen LogP contribution in [-0.2, 0) is 6.42 Å². The van der Waals surface area contributed by atoms with Gasteiger partial charge < -0.3 is 14.7 Å². The number of aryl methyl sites for hydroxylation is 2. The first kappa shape index (κ1) is 24.2. The molecule has 0 radical (unpaired) electrons. The average molecular weight is 502 g/mol. The van der Waals surface area contributed by atoms with Gasteiger partial charge in [0.25, 0.3) is 5.91 Å². The SMILES string of the molecule is Cc1ccc2c(n1)C(=O)N1CCCC[C@H]1c1cc3nc(N4CCC(C)C4)cc(n3n1)N(C)CCCCC2. The third-order valence-electron chi connectivity index (χ3n) is 8.42. The summed E-state index contributed by atoms with van der Waals surface area (Å²) in [5.74, 6) is 2.85. The van der Waals surface area contributed by atoms with E-state index in [9.17, 15) is 4.79 Å². The van der Waals surface area contributed by atoms with Crippen molar-refractivity contribution >= 4 is 23.2 Å². The molecule has 196 valence electrons. The van der Waals surface area contributed by atoms with Crippen LogP contribution in [0.3, 0.4) is 0 Å². The highest BCUT2D eigenvalue weighted by Gasteiger charge is 2.33. The van der Waals surface area contributed by atoms with E-state index in [-0.39, 0.29) is 11.9 Å². The smallest absolute Gasteiger partial charge is 0.273 e. The first-order valence-corrected chi connectivity index (χ1v) is 14.1. The quantitative estimate of drug-likeness (QED) is 0.477. The number of fused-ring (bicyclic) bond motifs is 4. The summed E-state index contributed by atoms with van der Waals surface area (Å²) in [6, 6.07) is 8.42. The van der Waals surface area contributed by atoms with Crippen molar-refractivity contribution in [3.8, 4) is 0 Å². The lowest BCUT2D eigenvalue weighted by atomic mass is 9.97. The van der Waals surface area contributed by atoms with Gasteiger partial charge in [-0.2, -0.15) is 9.61 Å². The predicted molar refractivity (Wildman–Crippen MR) is 146 cm³/mol. The minimum absolute atomic E-state index is 0.0485. The topological polar surface area (TPSA) is 69.9 Å². The van der Waals surface area contributed by atoms with Gasteiger partial charge in [0.2, 0.25) is 0 Å². The van der Waals surface area contributed by atoms with Crippen molar-refractivity contribution in [2.75, 3.05) is 43.0 Å². The molecule has 3 aromatic heterocycles. The van der Waals surface area contributed by atoms with Gasteiger partial charge in [-0.25, -0.2) is 9.97 Å². The summed E-state index contributed by atoms with van der Waals surface area (Å²) in [4.78, 5) is 30.6. The second-order valence-corrected chi connectivity index (χ2v) is 11.4. The van der Waals surface area contributed by atoms with Crippen molar-refractivity contribution in [3.05, 3.63) is 46.9 Å². The summed E-state index contributed by atoms with van der Waals surface area (Å²) < 4.78 is 2.01. The summed E-state index contributed by atoms with van der Waals surface area (Å²) in [5, 5.41) is 5.11. The molecule has 3 aliphatic heterocycles. The van der Waals surface area contributed by atoms with Crippen LogP contribution in [-0.4, -0.2) is 63.6 Å². The fourth-order valence-corrected chi connectivity index (χ4v) is 6.25. The number of piperidine rings is 1. The fourth-order valence-electron chi connectivity index (χ4n) is 6.25. The van der Waals surface area contributed by atoms with E-state index in [1.807, 2.05) is 22.4 Å². The molecule has 2 saturated heterocycles. The Kier molecular flexibility index (Phi) is 6.51. The average Bonchev–Trinajstić information content (AvgIpc) is 3.53.